The Kier molecular flexibility index (Phi) is 2.85. The van der Waals surface area contributed by atoms with Crippen molar-refractivity contribution in [2.24, 2.45) is 5.73 Å². The largest absolute Gasteiger partial charge is 0.468 e. The molecule has 0 aliphatic carbocycles. The molecule has 0 bridgehead atoms. The number of nitrogens with two attached hydrogens (primary N) is 1. The maximum absolute atomic E-state index is 11.3. The average molecular weight is 239 g/mol. The number of nitrogens with one attached hydrogen (secondary N) is 1. The number of carbonyl (C=O) groups is 1. The average Bonchev–Trinajstić information content (AvgIpc) is 2.72. The Morgan fingerprint density at radius 3 is 3.00 bits per heavy atom. The van der Waals surface area contributed by atoms with Crippen molar-refractivity contribution < 1.29 is 9.53 Å². The Balaban J connectivity index is 2.54. The third-order valence-electron chi connectivity index (χ3n) is 2.49. The smallest absolute Gasteiger partial charge is 0.327 e. The second kappa shape index (κ2) is 4.15. The molecule has 0 radical (unpaired) electrons. The molecule has 1 atom stereocenters. The van der Waals surface area contributed by atoms with E-state index in [-0.39, 0.29) is 0 Å². The van der Waals surface area contributed by atoms with Crippen molar-refractivity contribution in [1.82, 2.24) is 4.98 Å². The number of aromatic amines is 1. The van der Waals surface area contributed by atoms with Crippen LogP contribution in [0.25, 0.3) is 10.9 Å². The molecule has 0 spiro atoms. The second-order valence-electron chi connectivity index (χ2n) is 3.41. The third kappa shape index (κ3) is 1.66. The third-order valence-corrected chi connectivity index (χ3v) is 2.80. The minimum absolute atomic E-state index is 0.471. The molecule has 2 aromatic rings. The molecular weight excluding hydrogens is 228 g/mol. The van der Waals surface area contributed by atoms with Gasteiger partial charge in [0.25, 0.3) is 0 Å². The fraction of sp³-hybridized carbons (Fsp3) is 0.182. The number of para-hydroxylation sites is 1. The van der Waals surface area contributed by atoms with Crippen molar-refractivity contribution >= 4 is 28.5 Å². The van der Waals surface area contributed by atoms with Crippen LogP contribution >= 0.6 is 11.6 Å². The van der Waals surface area contributed by atoms with E-state index in [9.17, 15) is 4.79 Å². The molecule has 1 heterocycles. The van der Waals surface area contributed by atoms with Gasteiger partial charge >= 0.3 is 5.97 Å². The van der Waals surface area contributed by atoms with Gasteiger partial charge < -0.3 is 15.5 Å². The molecule has 5 heteroatoms. The normalized spacial score (nSPS) is 12.7. The molecule has 4 nitrogen and oxygen atoms in total. The Morgan fingerprint density at radius 2 is 2.31 bits per heavy atom. The minimum Gasteiger partial charge on any atom is -0.468 e. The number of aromatic nitrogens is 1. The lowest BCUT2D eigenvalue weighted by Gasteiger charge is -2.07. The number of methoxy groups -OCH3 is 1. The lowest BCUT2D eigenvalue weighted by Crippen LogP contribution is -2.22. The lowest BCUT2D eigenvalue weighted by molar-refractivity contribution is -0.142. The van der Waals surface area contributed by atoms with Crippen LogP contribution in [-0.4, -0.2) is 18.1 Å². The van der Waals surface area contributed by atoms with E-state index in [0.29, 0.717) is 10.6 Å². The molecule has 0 aliphatic heterocycles. The Labute approximate surface area is 97.3 Å². The number of benzene rings is 1. The highest BCUT2D eigenvalue weighted by Crippen LogP contribution is 2.28. The van der Waals surface area contributed by atoms with E-state index in [0.717, 1.165) is 10.9 Å². The van der Waals surface area contributed by atoms with Crippen molar-refractivity contribution in [3.05, 3.63) is 35.0 Å². The van der Waals surface area contributed by atoms with Gasteiger partial charge in [-0.15, -0.1) is 0 Å². The summed E-state index contributed by atoms with van der Waals surface area (Å²) in [5, 5.41) is 1.44. The van der Waals surface area contributed by atoms with Crippen molar-refractivity contribution in [1.29, 1.82) is 0 Å². The maximum Gasteiger partial charge on any atom is 0.327 e. The van der Waals surface area contributed by atoms with Gasteiger partial charge in [0.2, 0.25) is 0 Å². The molecule has 3 N–H and O–H groups in total. The van der Waals surface area contributed by atoms with Gasteiger partial charge in [-0.2, -0.15) is 0 Å². The molecule has 2 rings (SSSR count). The van der Waals surface area contributed by atoms with E-state index >= 15 is 0 Å². The summed E-state index contributed by atoms with van der Waals surface area (Å²) in [6.45, 7) is 0. The quantitative estimate of drug-likeness (QED) is 0.787. The summed E-state index contributed by atoms with van der Waals surface area (Å²) in [4.78, 5) is 14.3. The van der Waals surface area contributed by atoms with Crippen LogP contribution in [0.1, 0.15) is 11.6 Å². The van der Waals surface area contributed by atoms with Crippen LogP contribution in [0, 0.1) is 0 Å². The Hall–Kier alpha value is -1.52. The Bertz CT molecular complexity index is 536. The van der Waals surface area contributed by atoms with Crippen LogP contribution in [0.5, 0.6) is 0 Å². The molecule has 1 aromatic carbocycles. The van der Waals surface area contributed by atoms with Crippen LogP contribution in [0.15, 0.2) is 24.4 Å². The standard InChI is InChI=1S/C11H11ClN2O2/c1-16-11(15)9(13)7-5-14-10-6(7)3-2-4-8(10)12/h2-5,9,14H,13H2,1H3. The zero-order valence-electron chi connectivity index (χ0n) is 8.66. The predicted molar refractivity (Wildman–Crippen MR) is 62.3 cm³/mol. The molecule has 0 saturated carbocycles. The van der Waals surface area contributed by atoms with Crippen LogP contribution in [0.4, 0.5) is 0 Å². The van der Waals surface area contributed by atoms with Crippen molar-refractivity contribution in [3.8, 4) is 0 Å². The zero-order valence-corrected chi connectivity index (χ0v) is 9.41. The molecule has 16 heavy (non-hydrogen) atoms. The van der Waals surface area contributed by atoms with E-state index in [1.165, 1.54) is 7.11 Å². The maximum atomic E-state index is 11.3. The number of halogens is 1. The fourth-order valence-electron chi connectivity index (χ4n) is 1.65. The van der Waals surface area contributed by atoms with Gasteiger partial charge in [0.05, 0.1) is 17.6 Å². The van der Waals surface area contributed by atoms with E-state index in [4.69, 9.17) is 17.3 Å². The number of hydrogen-bond donors (Lipinski definition) is 2. The minimum atomic E-state index is -0.794. The fourth-order valence-corrected chi connectivity index (χ4v) is 1.88. The van der Waals surface area contributed by atoms with Gasteiger partial charge in [0.1, 0.15) is 6.04 Å². The first kappa shape index (κ1) is 11.0. The van der Waals surface area contributed by atoms with Gasteiger partial charge in [0.15, 0.2) is 0 Å². The van der Waals surface area contributed by atoms with Crippen LogP contribution in [0.3, 0.4) is 0 Å². The summed E-state index contributed by atoms with van der Waals surface area (Å²) in [6.07, 6.45) is 1.68. The molecule has 1 aromatic heterocycles. The van der Waals surface area contributed by atoms with E-state index in [1.54, 1.807) is 12.3 Å². The van der Waals surface area contributed by atoms with Crippen LogP contribution < -0.4 is 5.73 Å². The number of esters is 1. The van der Waals surface area contributed by atoms with Crippen molar-refractivity contribution in [3.63, 3.8) is 0 Å². The summed E-state index contributed by atoms with van der Waals surface area (Å²) >= 11 is 6.00. The van der Waals surface area contributed by atoms with E-state index < -0.39 is 12.0 Å². The highest BCUT2D eigenvalue weighted by Gasteiger charge is 2.20. The van der Waals surface area contributed by atoms with E-state index in [1.807, 2.05) is 12.1 Å². The highest BCUT2D eigenvalue weighted by atomic mass is 35.5. The molecule has 0 amide bonds. The van der Waals surface area contributed by atoms with Crippen LogP contribution in [0.2, 0.25) is 5.02 Å². The summed E-state index contributed by atoms with van der Waals surface area (Å²) in [5.41, 5.74) is 7.23. The molecule has 0 saturated heterocycles. The number of H-pyrrole nitrogens is 1. The lowest BCUT2D eigenvalue weighted by atomic mass is 10.1. The topological polar surface area (TPSA) is 68.1 Å². The Morgan fingerprint density at radius 1 is 1.56 bits per heavy atom. The molecular formula is C11H11ClN2O2. The predicted octanol–water partition coefficient (Wildman–Crippen LogP) is 1.99. The monoisotopic (exact) mass is 238 g/mol. The van der Waals surface area contributed by atoms with Crippen LogP contribution in [-0.2, 0) is 9.53 Å². The summed E-state index contributed by atoms with van der Waals surface area (Å²) in [5.74, 6) is -0.471. The van der Waals surface area contributed by atoms with E-state index in [2.05, 4.69) is 9.72 Å². The van der Waals surface area contributed by atoms with Gasteiger partial charge in [-0.3, -0.25) is 4.79 Å². The SMILES string of the molecule is COC(=O)C(N)c1c[nH]c2c(Cl)cccc12. The van der Waals surface area contributed by atoms with Gasteiger partial charge in [-0.05, 0) is 6.07 Å². The van der Waals surface area contributed by atoms with Crippen molar-refractivity contribution in [2.45, 2.75) is 6.04 Å². The number of fused-ring (bicyclic) bond motifs is 1. The first-order valence-electron chi connectivity index (χ1n) is 4.74. The summed E-state index contributed by atoms with van der Waals surface area (Å²) < 4.78 is 4.60. The molecule has 1 unspecified atom stereocenters. The second-order valence-corrected chi connectivity index (χ2v) is 3.81. The van der Waals surface area contributed by atoms with Gasteiger partial charge in [-0.25, -0.2) is 0 Å². The molecule has 0 aliphatic rings. The van der Waals surface area contributed by atoms with Crippen molar-refractivity contribution in [2.75, 3.05) is 7.11 Å². The number of ether oxygens (including phenoxy) is 1. The summed E-state index contributed by atoms with van der Waals surface area (Å²) in [7, 11) is 1.31. The highest BCUT2D eigenvalue weighted by molar-refractivity contribution is 6.35. The molecule has 0 fully saturated rings. The number of hydrogen-bond acceptors (Lipinski definition) is 3. The zero-order chi connectivity index (χ0) is 11.7. The first-order chi connectivity index (χ1) is 7.65. The number of carbonyl (C=O) groups excluding carboxylic acids is 1. The van der Waals surface area contributed by atoms with Gasteiger partial charge in [0, 0.05) is 17.1 Å². The van der Waals surface area contributed by atoms with Gasteiger partial charge in [-0.1, -0.05) is 23.7 Å². The summed E-state index contributed by atoms with van der Waals surface area (Å²) in [6, 6.07) is 4.65. The first-order valence-corrected chi connectivity index (χ1v) is 5.12. The molecule has 84 valence electrons. The number of rotatable bonds is 2.